The summed E-state index contributed by atoms with van der Waals surface area (Å²) >= 11 is 0. The van der Waals surface area contributed by atoms with Crippen LogP contribution >= 0.6 is 0 Å². The number of aryl methyl sites for hydroxylation is 2. The summed E-state index contributed by atoms with van der Waals surface area (Å²) in [6.45, 7) is 5.33. The van der Waals surface area contributed by atoms with Gasteiger partial charge in [0.05, 0.1) is 17.0 Å². The first-order chi connectivity index (χ1) is 12.4. The molecule has 0 saturated heterocycles. The third-order valence-corrected chi connectivity index (χ3v) is 3.97. The summed E-state index contributed by atoms with van der Waals surface area (Å²) in [5.41, 5.74) is 1.43. The van der Waals surface area contributed by atoms with Crippen LogP contribution in [0, 0.1) is 19.7 Å². The molecule has 1 amide bonds. The van der Waals surface area contributed by atoms with Crippen LogP contribution in [0.1, 0.15) is 34.2 Å². The average molecular weight is 355 g/mol. The van der Waals surface area contributed by atoms with E-state index >= 15 is 0 Å². The zero-order chi connectivity index (χ0) is 18.8. The van der Waals surface area contributed by atoms with E-state index in [0.29, 0.717) is 23.4 Å². The van der Waals surface area contributed by atoms with Gasteiger partial charge in [-0.15, -0.1) is 0 Å². The van der Waals surface area contributed by atoms with Gasteiger partial charge in [0.2, 0.25) is 5.95 Å². The highest BCUT2D eigenvalue weighted by molar-refractivity contribution is 6.04. The second-order valence-corrected chi connectivity index (χ2v) is 5.83. The lowest BCUT2D eigenvalue weighted by Gasteiger charge is -2.10. The van der Waals surface area contributed by atoms with E-state index in [-0.39, 0.29) is 22.9 Å². The zero-order valence-corrected chi connectivity index (χ0v) is 14.6. The molecule has 0 bridgehead atoms. The molecule has 26 heavy (non-hydrogen) atoms. The van der Waals surface area contributed by atoms with Gasteiger partial charge in [0.15, 0.2) is 0 Å². The van der Waals surface area contributed by atoms with Gasteiger partial charge in [-0.1, -0.05) is 19.1 Å². The smallest absolute Gasteiger partial charge is 0.259 e. The van der Waals surface area contributed by atoms with Crippen LogP contribution in [-0.2, 0) is 6.42 Å². The van der Waals surface area contributed by atoms with E-state index in [1.165, 1.54) is 22.9 Å². The van der Waals surface area contributed by atoms with Crippen LogP contribution in [0.2, 0.25) is 0 Å². The highest BCUT2D eigenvalue weighted by Crippen LogP contribution is 2.17. The van der Waals surface area contributed by atoms with Gasteiger partial charge in [0, 0.05) is 11.6 Å². The second-order valence-electron chi connectivity index (χ2n) is 5.83. The minimum Gasteiger partial charge on any atom is -0.306 e. The van der Waals surface area contributed by atoms with E-state index in [1.807, 2.05) is 6.92 Å². The number of benzene rings is 1. The van der Waals surface area contributed by atoms with Crippen molar-refractivity contribution in [3.05, 3.63) is 69.0 Å². The van der Waals surface area contributed by atoms with Crippen molar-refractivity contribution in [2.24, 2.45) is 0 Å². The number of hydrogen-bond acceptors (Lipinski definition) is 4. The predicted molar refractivity (Wildman–Crippen MR) is 95.2 cm³/mol. The molecule has 2 heterocycles. The summed E-state index contributed by atoms with van der Waals surface area (Å²) in [7, 11) is 0. The molecule has 0 fully saturated rings. The zero-order valence-electron chi connectivity index (χ0n) is 14.6. The van der Waals surface area contributed by atoms with Crippen LogP contribution in [0.4, 0.5) is 10.2 Å². The molecule has 0 aliphatic heterocycles. The van der Waals surface area contributed by atoms with Crippen molar-refractivity contribution >= 4 is 11.7 Å². The highest BCUT2D eigenvalue weighted by atomic mass is 19.1. The Morgan fingerprint density at radius 1 is 1.31 bits per heavy atom. The Morgan fingerprint density at radius 3 is 2.73 bits per heavy atom. The number of aromatic amines is 1. The number of amides is 1. The van der Waals surface area contributed by atoms with Gasteiger partial charge in [-0.25, -0.2) is 9.37 Å². The molecule has 7 nitrogen and oxygen atoms in total. The summed E-state index contributed by atoms with van der Waals surface area (Å²) in [5.74, 6) is -0.767. The average Bonchev–Trinajstić information content (AvgIpc) is 2.97. The molecular formula is C18H18FN5O2. The molecule has 0 radical (unpaired) electrons. The molecule has 2 aromatic heterocycles. The Hall–Kier alpha value is -3.29. The van der Waals surface area contributed by atoms with Crippen LogP contribution < -0.4 is 10.9 Å². The lowest BCUT2D eigenvalue weighted by atomic mass is 10.2. The molecule has 0 saturated carbocycles. The quantitative estimate of drug-likeness (QED) is 0.752. The van der Waals surface area contributed by atoms with Gasteiger partial charge in [-0.3, -0.25) is 14.6 Å². The maximum atomic E-state index is 13.8. The van der Waals surface area contributed by atoms with Crippen LogP contribution in [0.25, 0.3) is 5.95 Å². The van der Waals surface area contributed by atoms with Crippen LogP contribution in [0.5, 0.6) is 0 Å². The fourth-order valence-electron chi connectivity index (χ4n) is 2.59. The van der Waals surface area contributed by atoms with Gasteiger partial charge < -0.3 is 5.32 Å². The summed E-state index contributed by atoms with van der Waals surface area (Å²) in [6.07, 6.45) is 0.583. The molecule has 134 valence electrons. The lowest BCUT2D eigenvalue weighted by Crippen LogP contribution is -2.21. The Kier molecular flexibility index (Phi) is 4.66. The summed E-state index contributed by atoms with van der Waals surface area (Å²) < 4.78 is 15.2. The normalized spacial score (nSPS) is 10.8. The standard InChI is InChI=1S/C18H18FN5O2/c1-4-14-11(3)16(25)22-18(20-14)24-15(9-10(2)23-24)21-17(26)12-7-5-6-8-13(12)19/h5-9H,4H2,1-3H3,(H,21,26)(H,20,22,25). The van der Waals surface area contributed by atoms with Crippen molar-refractivity contribution in [3.8, 4) is 5.95 Å². The number of aromatic nitrogens is 4. The van der Waals surface area contributed by atoms with Crippen molar-refractivity contribution in [3.63, 3.8) is 0 Å². The lowest BCUT2D eigenvalue weighted by molar-refractivity contribution is 0.102. The van der Waals surface area contributed by atoms with Crippen molar-refractivity contribution in [2.45, 2.75) is 27.2 Å². The van der Waals surface area contributed by atoms with Crippen LogP contribution in [0.3, 0.4) is 0 Å². The molecule has 0 aliphatic carbocycles. The maximum absolute atomic E-state index is 13.8. The summed E-state index contributed by atoms with van der Waals surface area (Å²) in [4.78, 5) is 31.6. The van der Waals surface area contributed by atoms with Crippen molar-refractivity contribution in [1.29, 1.82) is 0 Å². The second kappa shape index (κ2) is 6.91. The first kappa shape index (κ1) is 17.5. The Morgan fingerprint density at radius 2 is 2.04 bits per heavy atom. The topological polar surface area (TPSA) is 92.7 Å². The molecule has 2 N–H and O–H groups in total. The van der Waals surface area contributed by atoms with Gasteiger partial charge in [0.25, 0.3) is 11.5 Å². The van der Waals surface area contributed by atoms with E-state index in [9.17, 15) is 14.0 Å². The van der Waals surface area contributed by atoms with Gasteiger partial charge in [0.1, 0.15) is 11.6 Å². The monoisotopic (exact) mass is 355 g/mol. The fourth-order valence-corrected chi connectivity index (χ4v) is 2.59. The van der Waals surface area contributed by atoms with E-state index in [0.717, 1.165) is 0 Å². The number of nitrogens with zero attached hydrogens (tertiary/aromatic N) is 3. The van der Waals surface area contributed by atoms with E-state index in [4.69, 9.17) is 0 Å². The third-order valence-electron chi connectivity index (χ3n) is 3.97. The van der Waals surface area contributed by atoms with Gasteiger partial charge in [-0.05, 0) is 32.4 Å². The number of anilines is 1. The van der Waals surface area contributed by atoms with Crippen molar-refractivity contribution < 1.29 is 9.18 Å². The van der Waals surface area contributed by atoms with Crippen LogP contribution in [0.15, 0.2) is 35.1 Å². The number of hydrogen-bond donors (Lipinski definition) is 2. The number of carbonyl (C=O) groups excluding carboxylic acids is 1. The van der Waals surface area contributed by atoms with Crippen molar-refractivity contribution in [1.82, 2.24) is 19.7 Å². The van der Waals surface area contributed by atoms with E-state index in [1.54, 1.807) is 26.0 Å². The highest BCUT2D eigenvalue weighted by Gasteiger charge is 2.17. The van der Waals surface area contributed by atoms with E-state index in [2.05, 4.69) is 20.4 Å². The third kappa shape index (κ3) is 3.26. The number of carbonyl (C=O) groups is 1. The largest absolute Gasteiger partial charge is 0.306 e. The first-order valence-electron chi connectivity index (χ1n) is 8.13. The molecule has 0 unspecified atom stereocenters. The number of nitrogens with one attached hydrogen (secondary N) is 2. The minimum absolute atomic E-state index is 0.0856. The Bertz CT molecular complexity index is 1040. The molecular weight excluding hydrogens is 337 g/mol. The first-order valence-corrected chi connectivity index (χ1v) is 8.13. The Balaban J connectivity index is 2.02. The predicted octanol–water partition coefficient (Wildman–Crippen LogP) is 2.53. The number of halogens is 1. The molecule has 1 aromatic carbocycles. The number of H-pyrrole nitrogens is 1. The maximum Gasteiger partial charge on any atom is 0.259 e. The molecule has 0 spiro atoms. The number of rotatable bonds is 4. The molecule has 3 rings (SSSR count). The van der Waals surface area contributed by atoms with Crippen molar-refractivity contribution in [2.75, 3.05) is 5.32 Å². The van der Waals surface area contributed by atoms with Gasteiger partial charge >= 0.3 is 0 Å². The molecule has 3 aromatic rings. The van der Waals surface area contributed by atoms with Crippen LogP contribution in [-0.4, -0.2) is 25.7 Å². The SMILES string of the molecule is CCc1nc(-n2nc(C)cc2NC(=O)c2ccccc2F)[nH]c(=O)c1C. The molecule has 0 atom stereocenters. The Labute approximate surface area is 148 Å². The van der Waals surface area contributed by atoms with Gasteiger partial charge in [-0.2, -0.15) is 9.78 Å². The molecule has 8 heteroatoms. The molecule has 0 aliphatic rings. The van der Waals surface area contributed by atoms with E-state index < -0.39 is 11.7 Å². The summed E-state index contributed by atoms with van der Waals surface area (Å²) in [5, 5.41) is 6.89. The minimum atomic E-state index is -0.622. The summed E-state index contributed by atoms with van der Waals surface area (Å²) in [6, 6.07) is 7.30. The fraction of sp³-hybridized carbons (Fsp3) is 0.222.